The molecule has 2 heterocycles. The van der Waals surface area contributed by atoms with E-state index >= 15 is 0 Å². The van der Waals surface area contributed by atoms with Crippen LogP contribution in [0, 0.1) is 3.57 Å². The van der Waals surface area contributed by atoms with Crippen molar-refractivity contribution in [1.82, 2.24) is 4.57 Å². The van der Waals surface area contributed by atoms with E-state index in [2.05, 4.69) is 20.9 Å². The van der Waals surface area contributed by atoms with E-state index in [0.29, 0.717) is 41.1 Å². The molecule has 1 aromatic heterocycles. The normalized spacial score (nSPS) is 15.7. The summed E-state index contributed by atoms with van der Waals surface area (Å²) in [5.41, 5.74) is 1.67. The number of benzene rings is 2. The third kappa shape index (κ3) is 4.58. The number of thiazole rings is 1. The summed E-state index contributed by atoms with van der Waals surface area (Å²) in [6.45, 7) is 3.67. The molecule has 34 heavy (non-hydrogen) atoms. The average molecular weight is 655 g/mol. The Morgan fingerprint density at radius 3 is 2.82 bits per heavy atom. The number of halogens is 2. The van der Waals surface area contributed by atoms with Crippen molar-refractivity contribution >= 4 is 61.9 Å². The largest absolute Gasteiger partial charge is 0.506 e. The minimum Gasteiger partial charge on any atom is -0.506 e. The predicted molar refractivity (Wildman–Crippen MR) is 142 cm³/mol. The van der Waals surface area contributed by atoms with E-state index in [1.54, 1.807) is 51.3 Å². The number of phenolic OH excluding ortho intramolecular Hbond substituents is 1. The van der Waals surface area contributed by atoms with Gasteiger partial charge in [0.05, 0.1) is 39.1 Å². The van der Waals surface area contributed by atoms with E-state index in [4.69, 9.17) is 9.47 Å². The van der Waals surface area contributed by atoms with Crippen LogP contribution in [-0.4, -0.2) is 29.4 Å². The van der Waals surface area contributed by atoms with Gasteiger partial charge in [-0.1, -0.05) is 39.4 Å². The van der Waals surface area contributed by atoms with E-state index in [9.17, 15) is 14.7 Å². The molecule has 0 radical (unpaired) electrons. The molecule has 3 aromatic rings. The summed E-state index contributed by atoms with van der Waals surface area (Å²) in [5.74, 6) is 0.165. The second-order valence-corrected chi connectivity index (χ2v) is 10.5. The average Bonchev–Trinajstić information content (AvgIpc) is 3.10. The van der Waals surface area contributed by atoms with Gasteiger partial charge in [0.15, 0.2) is 4.80 Å². The van der Waals surface area contributed by atoms with Gasteiger partial charge in [0.2, 0.25) is 0 Å². The molecule has 1 N–H and O–H groups in total. The molecule has 0 saturated heterocycles. The topological polar surface area (TPSA) is 90.1 Å². The number of aromatic nitrogens is 1. The molecule has 0 amide bonds. The summed E-state index contributed by atoms with van der Waals surface area (Å²) in [4.78, 5) is 31.6. The number of esters is 1. The number of ether oxygens (including phenoxy) is 2. The van der Waals surface area contributed by atoms with Crippen LogP contribution in [0.1, 0.15) is 31.0 Å². The zero-order valence-electron chi connectivity index (χ0n) is 18.5. The van der Waals surface area contributed by atoms with Gasteiger partial charge >= 0.3 is 5.97 Å². The van der Waals surface area contributed by atoms with Crippen LogP contribution < -0.4 is 19.6 Å². The lowest BCUT2D eigenvalue weighted by atomic mass is 9.95. The maximum Gasteiger partial charge on any atom is 0.338 e. The molecule has 2 aromatic carbocycles. The summed E-state index contributed by atoms with van der Waals surface area (Å²) in [5, 5.41) is 10.5. The molecule has 1 atom stereocenters. The van der Waals surface area contributed by atoms with Crippen molar-refractivity contribution in [2.45, 2.75) is 19.9 Å². The zero-order valence-corrected chi connectivity index (χ0v) is 23.0. The van der Waals surface area contributed by atoms with Gasteiger partial charge in [0, 0.05) is 10.0 Å². The fourth-order valence-corrected chi connectivity index (χ4v) is 6.34. The molecule has 10 heteroatoms. The highest BCUT2D eigenvalue weighted by atomic mass is 127. The van der Waals surface area contributed by atoms with Gasteiger partial charge in [0.25, 0.3) is 5.56 Å². The Bertz CT molecular complexity index is 1510. The molecule has 1 aliphatic heterocycles. The number of phenols is 1. The Morgan fingerprint density at radius 1 is 1.35 bits per heavy atom. The van der Waals surface area contributed by atoms with E-state index < -0.39 is 12.0 Å². The Morgan fingerprint density at radius 2 is 2.12 bits per heavy atom. The highest BCUT2D eigenvalue weighted by Crippen LogP contribution is 2.33. The van der Waals surface area contributed by atoms with Crippen molar-refractivity contribution in [3.8, 4) is 11.5 Å². The first-order valence-electron chi connectivity index (χ1n) is 10.3. The molecule has 0 spiro atoms. The minimum absolute atomic E-state index is 0.0855. The van der Waals surface area contributed by atoms with Gasteiger partial charge < -0.3 is 14.6 Å². The molecule has 0 aliphatic carbocycles. The Kier molecular flexibility index (Phi) is 7.29. The highest BCUT2D eigenvalue weighted by molar-refractivity contribution is 14.1. The summed E-state index contributed by atoms with van der Waals surface area (Å²) in [6, 6.07) is 10.0. The second kappa shape index (κ2) is 10.0. The first-order valence-corrected chi connectivity index (χ1v) is 13.0. The standard InChI is InChI=1S/C24H20BrIN2O5S/c1-4-33-23(31)19-12(2)27-24-28(20(19)13-6-5-7-16(9-13)32-3)22(30)18(34-24)10-14-8-15(25)11-17(26)21(14)29/h5-11,20,29H,4H2,1-3H3/b18-10+/t20-/m0/s1. The quantitative estimate of drug-likeness (QED) is 0.333. The lowest BCUT2D eigenvalue weighted by Gasteiger charge is -2.25. The van der Waals surface area contributed by atoms with E-state index in [-0.39, 0.29) is 17.9 Å². The zero-order chi connectivity index (χ0) is 24.6. The number of rotatable bonds is 5. The van der Waals surface area contributed by atoms with Gasteiger partial charge in [-0.3, -0.25) is 9.36 Å². The van der Waals surface area contributed by atoms with E-state index in [1.165, 1.54) is 15.9 Å². The smallest absolute Gasteiger partial charge is 0.338 e. The maximum absolute atomic E-state index is 13.7. The number of hydrogen-bond donors (Lipinski definition) is 1. The number of hydrogen-bond acceptors (Lipinski definition) is 7. The van der Waals surface area contributed by atoms with Crippen LogP contribution in [0.2, 0.25) is 0 Å². The second-order valence-electron chi connectivity index (χ2n) is 7.40. The predicted octanol–water partition coefficient (Wildman–Crippen LogP) is 3.88. The molecule has 176 valence electrons. The number of methoxy groups -OCH3 is 1. The number of carbonyl (C=O) groups is 1. The number of aromatic hydroxyl groups is 1. The van der Waals surface area contributed by atoms with E-state index in [1.807, 2.05) is 34.7 Å². The molecular formula is C24H20BrIN2O5S. The van der Waals surface area contributed by atoms with Crippen molar-refractivity contribution in [2.75, 3.05) is 13.7 Å². The molecule has 0 bridgehead atoms. The van der Waals surface area contributed by atoms with Crippen molar-refractivity contribution < 1.29 is 19.4 Å². The van der Waals surface area contributed by atoms with Crippen LogP contribution in [0.4, 0.5) is 0 Å². The summed E-state index contributed by atoms with van der Waals surface area (Å²) < 4.78 is 14.0. The van der Waals surface area contributed by atoms with Crippen molar-refractivity contribution in [3.05, 3.63) is 86.5 Å². The molecule has 1 aliphatic rings. The van der Waals surface area contributed by atoms with Crippen LogP contribution >= 0.6 is 49.9 Å². The van der Waals surface area contributed by atoms with Gasteiger partial charge in [-0.15, -0.1) is 0 Å². The monoisotopic (exact) mass is 654 g/mol. The molecule has 0 fully saturated rings. The van der Waals surface area contributed by atoms with Gasteiger partial charge in [-0.05, 0) is 72.3 Å². The lowest BCUT2D eigenvalue weighted by molar-refractivity contribution is -0.139. The SMILES string of the molecule is CCOC(=O)C1=C(C)N=c2s/c(=C/c3cc(Br)cc(I)c3O)c(=O)n2[C@H]1c1cccc(OC)c1. The fourth-order valence-electron chi connectivity index (χ4n) is 3.76. The van der Waals surface area contributed by atoms with Crippen LogP contribution in [0.5, 0.6) is 11.5 Å². The van der Waals surface area contributed by atoms with Crippen molar-refractivity contribution in [2.24, 2.45) is 4.99 Å². The Labute approximate surface area is 221 Å². The van der Waals surface area contributed by atoms with Crippen molar-refractivity contribution in [1.29, 1.82) is 0 Å². The highest BCUT2D eigenvalue weighted by Gasteiger charge is 2.33. The number of carbonyl (C=O) groups excluding carboxylic acids is 1. The molecule has 0 unspecified atom stereocenters. The third-order valence-corrected chi connectivity index (χ3v) is 7.53. The van der Waals surface area contributed by atoms with Gasteiger partial charge in [-0.2, -0.15) is 0 Å². The summed E-state index contributed by atoms with van der Waals surface area (Å²) in [6.07, 6.45) is 1.64. The molecule has 0 saturated carbocycles. The Hall–Kier alpha value is -2.44. The number of nitrogens with zero attached hydrogens (tertiary/aromatic N) is 2. The van der Waals surface area contributed by atoms with E-state index in [0.717, 1.165) is 4.47 Å². The molecule has 7 nitrogen and oxygen atoms in total. The molecule has 4 rings (SSSR count). The minimum atomic E-state index is -0.733. The number of fused-ring (bicyclic) bond motifs is 1. The fraction of sp³-hybridized carbons (Fsp3) is 0.208. The lowest BCUT2D eigenvalue weighted by Crippen LogP contribution is -2.39. The van der Waals surface area contributed by atoms with Crippen LogP contribution in [0.3, 0.4) is 0 Å². The maximum atomic E-state index is 13.7. The Balaban J connectivity index is 1.99. The van der Waals surface area contributed by atoms with Crippen LogP contribution in [0.25, 0.3) is 6.08 Å². The number of allylic oxidation sites excluding steroid dienone is 1. The first kappa shape index (κ1) is 24.7. The van der Waals surface area contributed by atoms with Crippen LogP contribution in [0.15, 0.2) is 61.9 Å². The molecular weight excluding hydrogens is 635 g/mol. The first-order chi connectivity index (χ1) is 16.2. The van der Waals surface area contributed by atoms with Gasteiger partial charge in [0.1, 0.15) is 11.5 Å². The van der Waals surface area contributed by atoms with Gasteiger partial charge in [-0.25, -0.2) is 9.79 Å². The van der Waals surface area contributed by atoms with Crippen molar-refractivity contribution in [3.63, 3.8) is 0 Å². The van der Waals surface area contributed by atoms with Crippen LogP contribution in [-0.2, 0) is 9.53 Å². The third-order valence-electron chi connectivity index (χ3n) is 5.27. The summed E-state index contributed by atoms with van der Waals surface area (Å²) in [7, 11) is 1.56. The summed E-state index contributed by atoms with van der Waals surface area (Å²) >= 11 is 6.66.